The average molecular weight is 183 g/mol. The number of aliphatic hydroxyl groups is 1. The normalized spacial score (nSPS) is 11.1. The highest BCUT2D eigenvalue weighted by Crippen LogP contribution is 2.09. The van der Waals surface area contributed by atoms with Gasteiger partial charge in [0.1, 0.15) is 5.69 Å². The first-order valence-electron chi connectivity index (χ1n) is 4.80. The Labute approximate surface area is 78.6 Å². The number of aromatic nitrogens is 3. The molecule has 4 nitrogen and oxygen atoms in total. The lowest BCUT2D eigenvalue weighted by molar-refractivity contribution is 0.276. The lowest BCUT2D eigenvalue weighted by Gasteiger charge is -2.10. The van der Waals surface area contributed by atoms with Gasteiger partial charge >= 0.3 is 0 Å². The minimum Gasteiger partial charge on any atom is -0.390 e. The molecule has 13 heavy (non-hydrogen) atoms. The van der Waals surface area contributed by atoms with Crippen LogP contribution >= 0.6 is 0 Å². The van der Waals surface area contributed by atoms with Gasteiger partial charge in [-0.1, -0.05) is 31.9 Å². The molecule has 0 atom stereocenters. The second-order valence-electron chi connectivity index (χ2n) is 3.27. The van der Waals surface area contributed by atoms with Crippen LogP contribution in [-0.2, 0) is 13.2 Å². The van der Waals surface area contributed by atoms with Crippen molar-refractivity contribution in [1.82, 2.24) is 15.0 Å². The number of hydrogen-bond donors (Lipinski definition) is 1. The molecule has 4 heteroatoms. The van der Waals surface area contributed by atoms with E-state index in [9.17, 15) is 0 Å². The van der Waals surface area contributed by atoms with Gasteiger partial charge < -0.3 is 5.11 Å². The summed E-state index contributed by atoms with van der Waals surface area (Å²) in [5.74, 6) is 0.660. The van der Waals surface area contributed by atoms with Gasteiger partial charge in [-0.3, -0.25) is 4.68 Å². The smallest absolute Gasteiger partial charge is 0.108 e. The summed E-state index contributed by atoms with van der Waals surface area (Å²) in [6.07, 6.45) is 4.12. The van der Waals surface area contributed by atoms with Crippen molar-refractivity contribution in [3.05, 3.63) is 11.9 Å². The summed E-state index contributed by atoms with van der Waals surface area (Å²) in [5, 5.41) is 16.5. The van der Waals surface area contributed by atoms with Crippen LogP contribution in [-0.4, -0.2) is 20.1 Å². The van der Waals surface area contributed by atoms with E-state index in [2.05, 4.69) is 24.2 Å². The second-order valence-corrected chi connectivity index (χ2v) is 3.27. The first-order chi connectivity index (χ1) is 6.30. The molecule has 1 aromatic rings. The maximum atomic E-state index is 8.78. The zero-order valence-corrected chi connectivity index (χ0v) is 8.27. The molecule has 0 aliphatic heterocycles. The van der Waals surface area contributed by atoms with Gasteiger partial charge in [-0.25, -0.2) is 0 Å². The van der Waals surface area contributed by atoms with Crippen LogP contribution in [0.15, 0.2) is 6.20 Å². The van der Waals surface area contributed by atoms with E-state index < -0.39 is 0 Å². The van der Waals surface area contributed by atoms with Crippen LogP contribution in [0.1, 0.15) is 32.4 Å². The van der Waals surface area contributed by atoms with Gasteiger partial charge in [0.25, 0.3) is 0 Å². The third-order valence-corrected chi connectivity index (χ3v) is 2.35. The highest BCUT2D eigenvalue weighted by Gasteiger charge is 2.06. The van der Waals surface area contributed by atoms with Crippen LogP contribution in [0, 0.1) is 5.92 Å². The molecule has 0 aliphatic rings. The maximum Gasteiger partial charge on any atom is 0.108 e. The fourth-order valence-electron chi connectivity index (χ4n) is 1.31. The Kier molecular flexibility index (Phi) is 3.89. The SMILES string of the molecule is CCC(CC)Cn1cc(CO)nn1. The zero-order valence-electron chi connectivity index (χ0n) is 8.27. The monoisotopic (exact) mass is 183 g/mol. The van der Waals surface area contributed by atoms with E-state index >= 15 is 0 Å². The van der Waals surface area contributed by atoms with Gasteiger partial charge in [0.05, 0.1) is 12.8 Å². The van der Waals surface area contributed by atoms with Crippen molar-refractivity contribution in [2.24, 2.45) is 5.92 Å². The largest absolute Gasteiger partial charge is 0.390 e. The summed E-state index contributed by atoms with van der Waals surface area (Å²) >= 11 is 0. The van der Waals surface area contributed by atoms with E-state index in [1.165, 1.54) is 0 Å². The summed E-state index contributed by atoms with van der Waals surface area (Å²) in [6, 6.07) is 0. The predicted octanol–water partition coefficient (Wildman–Crippen LogP) is 1.21. The van der Waals surface area contributed by atoms with E-state index in [4.69, 9.17) is 5.11 Å². The van der Waals surface area contributed by atoms with Gasteiger partial charge in [0, 0.05) is 6.54 Å². The van der Waals surface area contributed by atoms with Gasteiger partial charge in [-0.05, 0) is 5.92 Å². The molecule has 0 bridgehead atoms. The summed E-state index contributed by atoms with van der Waals surface area (Å²) in [5.41, 5.74) is 0.644. The van der Waals surface area contributed by atoms with Crippen molar-refractivity contribution in [1.29, 1.82) is 0 Å². The molecule has 0 aliphatic carbocycles. The lowest BCUT2D eigenvalue weighted by Crippen LogP contribution is -2.09. The first kappa shape index (κ1) is 10.2. The van der Waals surface area contributed by atoms with Crippen LogP contribution < -0.4 is 0 Å². The van der Waals surface area contributed by atoms with Crippen LogP contribution in [0.25, 0.3) is 0 Å². The average Bonchev–Trinajstić information content (AvgIpc) is 2.61. The quantitative estimate of drug-likeness (QED) is 0.746. The molecule has 0 unspecified atom stereocenters. The predicted molar refractivity (Wildman–Crippen MR) is 50.0 cm³/mol. The molecular weight excluding hydrogens is 166 g/mol. The van der Waals surface area contributed by atoms with E-state index in [0.29, 0.717) is 11.6 Å². The topological polar surface area (TPSA) is 50.9 Å². The Hall–Kier alpha value is -0.900. The number of hydrogen-bond acceptors (Lipinski definition) is 3. The van der Waals surface area contributed by atoms with E-state index in [1.54, 1.807) is 6.20 Å². The molecule has 0 amide bonds. The number of nitrogens with zero attached hydrogens (tertiary/aromatic N) is 3. The van der Waals surface area contributed by atoms with Crippen molar-refractivity contribution in [3.63, 3.8) is 0 Å². The summed E-state index contributed by atoms with van der Waals surface area (Å²) < 4.78 is 1.81. The van der Waals surface area contributed by atoms with Crippen LogP contribution in [0.2, 0.25) is 0 Å². The van der Waals surface area contributed by atoms with Crippen molar-refractivity contribution in [2.75, 3.05) is 0 Å². The molecule has 0 radical (unpaired) electrons. The summed E-state index contributed by atoms with van der Waals surface area (Å²) in [7, 11) is 0. The molecule has 1 heterocycles. The van der Waals surface area contributed by atoms with Crippen molar-refractivity contribution < 1.29 is 5.11 Å². The molecule has 0 saturated heterocycles. The Bertz CT molecular complexity index is 243. The van der Waals surface area contributed by atoms with Crippen LogP contribution in [0.4, 0.5) is 0 Å². The number of rotatable bonds is 5. The van der Waals surface area contributed by atoms with E-state index in [0.717, 1.165) is 19.4 Å². The fourth-order valence-corrected chi connectivity index (χ4v) is 1.31. The van der Waals surface area contributed by atoms with Gasteiger partial charge in [-0.15, -0.1) is 5.10 Å². The molecule has 1 rings (SSSR count). The molecule has 74 valence electrons. The Morgan fingerprint density at radius 1 is 1.46 bits per heavy atom. The molecule has 0 fully saturated rings. The highest BCUT2D eigenvalue weighted by molar-refractivity contribution is 4.88. The van der Waals surface area contributed by atoms with E-state index in [1.807, 2.05) is 4.68 Å². The van der Waals surface area contributed by atoms with E-state index in [-0.39, 0.29) is 6.61 Å². The molecule has 0 spiro atoms. The summed E-state index contributed by atoms with van der Waals surface area (Å²) in [6.45, 7) is 5.24. The van der Waals surface area contributed by atoms with Crippen LogP contribution in [0.3, 0.4) is 0 Å². The fraction of sp³-hybridized carbons (Fsp3) is 0.778. The van der Waals surface area contributed by atoms with Crippen molar-refractivity contribution in [2.45, 2.75) is 39.8 Å². The Morgan fingerprint density at radius 3 is 2.62 bits per heavy atom. The second kappa shape index (κ2) is 4.97. The summed E-state index contributed by atoms with van der Waals surface area (Å²) in [4.78, 5) is 0. The number of aliphatic hydroxyl groups excluding tert-OH is 1. The van der Waals surface area contributed by atoms with Gasteiger partial charge in [0.15, 0.2) is 0 Å². The first-order valence-corrected chi connectivity index (χ1v) is 4.80. The Morgan fingerprint density at radius 2 is 2.15 bits per heavy atom. The third-order valence-electron chi connectivity index (χ3n) is 2.35. The zero-order chi connectivity index (χ0) is 9.68. The molecule has 0 saturated carbocycles. The minimum atomic E-state index is -0.0249. The lowest BCUT2D eigenvalue weighted by atomic mass is 10.0. The molecule has 1 aromatic heterocycles. The Balaban J connectivity index is 2.52. The molecular formula is C9H17N3O. The van der Waals surface area contributed by atoms with Gasteiger partial charge in [0.2, 0.25) is 0 Å². The van der Waals surface area contributed by atoms with Crippen LogP contribution in [0.5, 0.6) is 0 Å². The molecule has 0 aromatic carbocycles. The van der Waals surface area contributed by atoms with Crippen molar-refractivity contribution in [3.8, 4) is 0 Å². The van der Waals surface area contributed by atoms with Crippen molar-refractivity contribution >= 4 is 0 Å². The minimum absolute atomic E-state index is 0.0249. The third kappa shape index (κ3) is 2.81. The van der Waals surface area contributed by atoms with Gasteiger partial charge in [-0.2, -0.15) is 0 Å². The molecule has 1 N–H and O–H groups in total. The highest BCUT2D eigenvalue weighted by atomic mass is 16.3. The standard InChI is InChI=1S/C9H17N3O/c1-3-8(4-2)5-12-6-9(7-13)10-11-12/h6,8,13H,3-5,7H2,1-2H3. The maximum absolute atomic E-state index is 8.78.